The number of carbonyl (C=O) groups is 1. The van der Waals surface area contributed by atoms with Gasteiger partial charge in [-0.15, -0.1) is 0 Å². The summed E-state index contributed by atoms with van der Waals surface area (Å²) in [6.07, 6.45) is -2.46. The third kappa shape index (κ3) is 10.0. The summed E-state index contributed by atoms with van der Waals surface area (Å²) in [6.45, 7) is 1.84. The summed E-state index contributed by atoms with van der Waals surface area (Å²) < 4.78 is 31.1. The van der Waals surface area contributed by atoms with Crippen LogP contribution in [0.3, 0.4) is 0 Å². The van der Waals surface area contributed by atoms with E-state index in [1.807, 2.05) is 91.0 Å². The van der Waals surface area contributed by atoms with Gasteiger partial charge in [-0.05, 0) is 23.1 Å². The fourth-order valence-corrected chi connectivity index (χ4v) is 4.73. The van der Waals surface area contributed by atoms with Crippen LogP contribution >= 0.6 is 0 Å². The molecule has 0 saturated carbocycles. The third-order valence-corrected chi connectivity index (χ3v) is 6.98. The van der Waals surface area contributed by atoms with E-state index in [2.05, 4.69) is 5.32 Å². The quantitative estimate of drug-likeness (QED) is 0.254. The molecule has 1 fully saturated rings. The third-order valence-electron chi connectivity index (χ3n) is 6.98. The number of amides is 1. The summed E-state index contributed by atoms with van der Waals surface area (Å²) >= 11 is 0. The number of aliphatic hydroxyl groups excluding tert-OH is 1. The van der Waals surface area contributed by atoms with Crippen molar-refractivity contribution < 1.29 is 33.6 Å². The molecule has 0 aromatic heterocycles. The molecule has 0 radical (unpaired) electrons. The highest BCUT2D eigenvalue weighted by molar-refractivity contribution is 5.75. The van der Waals surface area contributed by atoms with Gasteiger partial charge in [-0.2, -0.15) is 0 Å². The largest absolute Gasteiger partial charge is 0.387 e. The first-order valence-corrected chi connectivity index (χ1v) is 14.2. The van der Waals surface area contributed by atoms with Gasteiger partial charge in [0.1, 0.15) is 30.5 Å². The number of hydrogen-bond acceptors (Lipinski definition) is 7. The Morgan fingerprint density at radius 1 is 0.732 bits per heavy atom. The SMILES string of the molecule is CNC(=O)CCCOC[C@@H]1O[C@H](COCc2ccccc2)C(O)C(OCc2ccccc2)C1OCc1ccccc1. The van der Waals surface area contributed by atoms with Gasteiger partial charge < -0.3 is 34.1 Å². The molecule has 3 aromatic rings. The molecule has 1 aliphatic heterocycles. The van der Waals surface area contributed by atoms with Gasteiger partial charge in [0.2, 0.25) is 5.91 Å². The standard InChI is InChI=1S/C33H41NO7/c1-34-30(35)18-11-19-37-24-29-32(39-21-26-14-7-3-8-15-26)33(40-22-27-16-9-4-10-17-27)31(36)28(41-29)23-38-20-25-12-5-2-6-13-25/h2-10,12-17,28-29,31-33,36H,11,18-24H2,1H3,(H,34,35)/t28-,29+,31?,32?,33?/m1/s1. The second-order valence-electron chi connectivity index (χ2n) is 10.1. The average Bonchev–Trinajstić information content (AvgIpc) is 3.02. The highest BCUT2D eigenvalue weighted by Crippen LogP contribution is 2.29. The summed E-state index contributed by atoms with van der Waals surface area (Å²) in [7, 11) is 1.62. The van der Waals surface area contributed by atoms with Gasteiger partial charge in [-0.3, -0.25) is 4.79 Å². The second kappa shape index (κ2) is 17.0. The van der Waals surface area contributed by atoms with E-state index in [1.165, 1.54) is 0 Å². The molecule has 1 amide bonds. The summed E-state index contributed by atoms with van der Waals surface area (Å²) in [5.41, 5.74) is 3.03. The number of benzene rings is 3. The zero-order valence-corrected chi connectivity index (χ0v) is 23.6. The van der Waals surface area contributed by atoms with Crippen molar-refractivity contribution in [2.75, 3.05) is 26.9 Å². The number of nitrogens with one attached hydrogen (secondary N) is 1. The lowest BCUT2D eigenvalue weighted by Crippen LogP contribution is -2.61. The Morgan fingerprint density at radius 3 is 1.80 bits per heavy atom. The summed E-state index contributed by atoms with van der Waals surface area (Å²) in [5.74, 6) is -0.0280. The average molecular weight is 564 g/mol. The predicted octanol–water partition coefficient (Wildman–Crippen LogP) is 4.05. The van der Waals surface area contributed by atoms with E-state index in [1.54, 1.807) is 7.05 Å². The first-order chi connectivity index (χ1) is 20.1. The molecule has 3 aromatic carbocycles. The van der Waals surface area contributed by atoms with Crippen molar-refractivity contribution in [1.29, 1.82) is 0 Å². The zero-order valence-electron chi connectivity index (χ0n) is 23.6. The lowest BCUT2D eigenvalue weighted by Gasteiger charge is -2.44. The lowest BCUT2D eigenvalue weighted by atomic mass is 9.94. The molecule has 0 bridgehead atoms. The van der Waals surface area contributed by atoms with E-state index < -0.39 is 30.5 Å². The topological polar surface area (TPSA) is 95.5 Å². The van der Waals surface area contributed by atoms with Gasteiger partial charge in [-0.1, -0.05) is 91.0 Å². The van der Waals surface area contributed by atoms with E-state index in [0.717, 1.165) is 16.7 Å². The molecule has 220 valence electrons. The maximum atomic E-state index is 11.6. The van der Waals surface area contributed by atoms with Crippen LogP contribution in [0.25, 0.3) is 0 Å². The summed E-state index contributed by atoms with van der Waals surface area (Å²) in [6, 6.07) is 29.6. The van der Waals surface area contributed by atoms with Crippen LogP contribution in [0.5, 0.6) is 0 Å². The van der Waals surface area contributed by atoms with Crippen LogP contribution < -0.4 is 5.32 Å². The number of carbonyl (C=O) groups excluding carboxylic acids is 1. The van der Waals surface area contributed by atoms with E-state index in [4.69, 9.17) is 23.7 Å². The number of ether oxygens (including phenoxy) is 5. The van der Waals surface area contributed by atoms with Crippen LogP contribution in [-0.2, 0) is 48.3 Å². The van der Waals surface area contributed by atoms with E-state index in [-0.39, 0.29) is 19.1 Å². The van der Waals surface area contributed by atoms with Crippen LogP contribution in [0.15, 0.2) is 91.0 Å². The Balaban J connectivity index is 1.47. The number of rotatable bonds is 16. The second-order valence-corrected chi connectivity index (χ2v) is 10.1. The van der Waals surface area contributed by atoms with Crippen molar-refractivity contribution in [2.45, 2.75) is 63.2 Å². The Labute approximate surface area is 242 Å². The number of hydrogen-bond donors (Lipinski definition) is 2. The van der Waals surface area contributed by atoms with Gasteiger partial charge in [0.15, 0.2) is 0 Å². The molecule has 0 spiro atoms. The van der Waals surface area contributed by atoms with Crippen LogP contribution in [0.1, 0.15) is 29.5 Å². The van der Waals surface area contributed by atoms with E-state index >= 15 is 0 Å². The highest BCUT2D eigenvalue weighted by atomic mass is 16.6. The molecule has 41 heavy (non-hydrogen) atoms. The van der Waals surface area contributed by atoms with Gasteiger partial charge in [-0.25, -0.2) is 0 Å². The predicted molar refractivity (Wildman–Crippen MR) is 155 cm³/mol. The fourth-order valence-electron chi connectivity index (χ4n) is 4.73. The Bertz CT molecular complexity index is 1130. The molecule has 0 aliphatic carbocycles. The van der Waals surface area contributed by atoms with Crippen molar-refractivity contribution in [1.82, 2.24) is 5.32 Å². The molecule has 1 saturated heterocycles. The molecule has 3 unspecified atom stereocenters. The molecular formula is C33H41NO7. The minimum atomic E-state index is -0.986. The van der Waals surface area contributed by atoms with Gasteiger partial charge in [0, 0.05) is 20.1 Å². The first kappa shape index (κ1) is 30.8. The van der Waals surface area contributed by atoms with E-state index in [9.17, 15) is 9.90 Å². The van der Waals surface area contributed by atoms with Gasteiger partial charge >= 0.3 is 0 Å². The molecule has 4 rings (SSSR count). The monoisotopic (exact) mass is 563 g/mol. The highest BCUT2D eigenvalue weighted by Gasteiger charge is 2.47. The number of aliphatic hydroxyl groups is 1. The van der Waals surface area contributed by atoms with Crippen molar-refractivity contribution in [3.63, 3.8) is 0 Å². The van der Waals surface area contributed by atoms with Crippen LogP contribution in [0, 0.1) is 0 Å². The molecule has 1 heterocycles. The normalized spacial score (nSPS) is 22.3. The Morgan fingerprint density at radius 2 is 1.24 bits per heavy atom. The Hall–Kier alpha value is -3.11. The smallest absolute Gasteiger partial charge is 0.219 e. The molecule has 8 nitrogen and oxygen atoms in total. The summed E-state index contributed by atoms with van der Waals surface area (Å²) in [5, 5.41) is 14.1. The van der Waals surface area contributed by atoms with Crippen LogP contribution in [0.2, 0.25) is 0 Å². The molecule has 1 aliphatic rings. The minimum Gasteiger partial charge on any atom is -0.387 e. The molecule has 2 N–H and O–H groups in total. The van der Waals surface area contributed by atoms with Crippen LogP contribution in [-0.4, -0.2) is 68.4 Å². The van der Waals surface area contributed by atoms with Gasteiger partial charge in [0.05, 0.1) is 33.0 Å². The van der Waals surface area contributed by atoms with E-state index in [0.29, 0.717) is 39.3 Å². The maximum Gasteiger partial charge on any atom is 0.219 e. The molecular weight excluding hydrogens is 522 g/mol. The van der Waals surface area contributed by atoms with Crippen molar-refractivity contribution in [2.24, 2.45) is 0 Å². The zero-order chi connectivity index (χ0) is 28.7. The first-order valence-electron chi connectivity index (χ1n) is 14.2. The Kier molecular flexibility index (Phi) is 12.8. The van der Waals surface area contributed by atoms with Crippen molar-refractivity contribution in [3.8, 4) is 0 Å². The van der Waals surface area contributed by atoms with Crippen LogP contribution in [0.4, 0.5) is 0 Å². The minimum absolute atomic E-state index is 0.0280. The molecule has 5 atom stereocenters. The molecule has 8 heteroatoms. The maximum absolute atomic E-state index is 11.6. The van der Waals surface area contributed by atoms with Crippen molar-refractivity contribution >= 4 is 5.91 Å². The fraction of sp³-hybridized carbons (Fsp3) is 0.424. The lowest BCUT2D eigenvalue weighted by molar-refractivity contribution is -0.268. The summed E-state index contributed by atoms with van der Waals surface area (Å²) in [4.78, 5) is 11.6. The van der Waals surface area contributed by atoms with Crippen molar-refractivity contribution in [3.05, 3.63) is 108 Å². The van der Waals surface area contributed by atoms with Gasteiger partial charge in [0.25, 0.3) is 0 Å².